The van der Waals surface area contributed by atoms with Crippen molar-refractivity contribution in [3.63, 3.8) is 0 Å². The fourth-order valence-electron chi connectivity index (χ4n) is 3.27. The summed E-state index contributed by atoms with van der Waals surface area (Å²) in [6, 6.07) is 13.0. The van der Waals surface area contributed by atoms with Crippen molar-refractivity contribution in [2.24, 2.45) is 0 Å². The molecule has 2 aromatic carbocycles. The van der Waals surface area contributed by atoms with Crippen molar-refractivity contribution in [2.45, 2.75) is 54.4 Å². The number of rotatable bonds is 5. The maximum absolute atomic E-state index is 13.4. The normalized spacial score (nSPS) is 16.8. The number of carbonyl (C=O) groups excluding carboxylic acids is 1. The van der Waals surface area contributed by atoms with Crippen LogP contribution in [0.2, 0.25) is 0 Å². The molecule has 2 aromatic rings. The molecule has 0 spiro atoms. The molecule has 0 fully saturated rings. The lowest BCUT2D eigenvalue weighted by Crippen LogP contribution is -2.43. The summed E-state index contributed by atoms with van der Waals surface area (Å²) in [7, 11) is 0. The number of fused-ring (bicyclic) bond motifs is 1. The zero-order chi connectivity index (χ0) is 18.7. The highest BCUT2D eigenvalue weighted by molar-refractivity contribution is 7.99. The van der Waals surface area contributed by atoms with Crippen molar-refractivity contribution in [1.29, 1.82) is 0 Å². The van der Waals surface area contributed by atoms with Gasteiger partial charge in [-0.25, -0.2) is 4.39 Å². The van der Waals surface area contributed by atoms with Gasteiger partial charge in [-0.1, -0.05) is 23.9 Å². The van der Waals surface area contributed by atoms with Crippen LogP contribution in [0, 0.1) is 5.82 Å². The molecule has 0 bridgehead atoms. The van der Waals surface area contributed by atoms with E-state index in [9.17, 15) is 14.3 Å². The van der Waals surface area contributed by atoms with Crippen LogP contribution >= 0.6 is 11.8 Å². The smallest absolute Gasteiger partial charge is 0.251 e. The first-order valence-corrected chi connectivity index (χ1v) is 9.71. The van der Waals surface area contributed by atoms with E-state index in [-0.39, 0.29) is 17.6 Å². The van der Waals surface area contributed by atoms with Crippen molar-refractivity contribution in [2.75, 3.05) is 6.54 Å². The lowest BCUT2D eigenvalue weighted by molar-refractivity contribution is -0.136. The summed E-state index contributed by atoms with van der Waals surface area (Å²) < 4.78 is 13.4. The summed E-state index contributed by atoms with van der Waals surface area (Å²) in [6.07, 6.45) is 3.11. The zero-order valence-corrected chi connectivity index (χ0v) is 15.9. The second kappa shape index (κ2) is 7.80. The van der Waals surface area contributed by atoms with E-state index < -0.39 is 5.60 Å². The topological polar surface area (TPSA) is 49.3 Å². The molecule has 3 rings (SSSR count). The number of benzene rings is 2. The second-order valence-electron chi connectivity index (χ2n) is 7.28. The van der Waals surface area contributed by atoms with Crippen LogP contribution < -0.4 is 5.32 Å². The van der Waals surface area contributed by atoms with Crippen LogP contribution in [-0.2, 0) is 11.2 Å². The Balaban J connectivity index is 1.72. The van der Waals surface area contributed by atoms with Crippen molar-refractivity contribution in [3.8, 4) is 0 Å². The first kappa shape index (κ1) is 18.9. The predicted molar refractivity (Wildman–Crippen MR) is 102 cm³/mol. The molecule has 0 radical (unpaired) electrons. The molecule has 138 valence electrons. The van der Waals surface area contributed by atoms with Crippen molar-refractivity contribution < 1.29 is 14.3 Å². The van der Waals surface area contributed by atoms with Crippen LogP contribution in [-0.4, -0.2) is 23.2 Å². The zero-order valence-electron chi connectivity index (χ0n) is 15.1. The van der Waals surface area contributed by atoms with E-state index in [0.29, 0.717) is 6.54 Å². The standard InChI is InChI=1S/C21H24FNO2S/c1-21(2,25)20(24)23-13-15-6-3-5-14-11-18(9-10-19(14)15)26-17-8-4-7-16(22)12-17/h4,7-12,15,25H,3,5-6,13H2,1-2H3,(H,23,24)/t15-/m0/s1. The molecule has 3 nitrogen and oxygen atoms in total. The van der Waals surface area contributed by atoms with Gasteiger partial charge in [0, 0.05) is 22.3 Å². The SMILES string of the molecule is CC(C)(O)C(=O)NC[C@@H]1CCCc2cc(Sc3cccc(F)c3)ccc21. The lowest BCUT2D eigenvalue weighted by atomic mass is 9.83. The summed E-state index contributed by atoms with van der Waals surface area (Å²) in [5.74, 6) is -0.309. The van der Waals surface area contributed by atoms with Gasteiger partial charge in [-0.05, 0) is 74.6 Å². The van der Waals surface area contributed by atoms with E-state index in [1.165, 1.54) is 31.0 Å². The minimum absolute atomic E-state index is 0.226. The lowest BCUT2D eigenvalue weighted by Gasteiger charge is -2.27. The van der Waals surface area contributed by atoms with Gasteiger partial charge in [0.25, 0.3) is 5.91 Å². The molecular formula is C21H24FNO2S. The molecule has 0 heterocycles. The minimum Gasteiger partial charge on any atom is -0.381 e. The Morgan fingerprint density at radius 3 is 2.77 bits per heavy atom. The molecule has 0 saturated carbocycles. The van der Waals surface area contributed by atoms with Crippen molar-refractivity contribution in [3.05, 3.63) is 59.4 Å². The molecule has 1 aliphatic carbocycles. The fraction of sp³-hybridized carbons (Fsp3) is 0.381. The maximum atomic E-state index is 13.4. The number of hydrogen-bond acceptors (Lipinski definition) is 3. The van der Waals surface area contributed by atoms with Crippen LogP contribution in [0.1, 0.15) is 43.7 Å². The number of aliphatic hydroxyl groups is 1. The Bertz CT molecular complexity index is 801. The molecular weight excluding hydrogens is 349 g/mol. The van der Waals surface area contributed by atoms with Gasteiger partial charge >= 0.3 is 0 Å². The third kappa shape index (κ3) is 4.65. The molecule has 0 saturated heterocycles. The largest absolute Gasteiger partial charge is 0.381 e. The summed E-state index contributed by atoms with van der Waals surface area (Å²) in [4.78, 5) is 13.9. The van der Waals surface area contributed by atoms with Crippen LogP contribution in [0.25, 0.3) is 0 Å². The van der Waals surface area contributed by atoms with E-state index in [0.717, 1.165) is 29.1 Å². The van der Waals surface area contributed by atoms with Crippen molar-refractivity contribution >= 4 is 17.7 Å². The Hall–Kier alpha value is -1.85. The van der Waals surface area contributed by atoms with Gasteiger partial charge in [0.1, 0.15) is 11.4 Å². The average Bonchev–Trinajstić information content (AvgIpc) is 2.58. The molecule has 2 N–H and O–H groups in total. The number of amides is 1. The number of nitrogens with one attached hydrogen (secondary N) is 1. The third-order valence-electron chi connectivity index (χ3n) is 4.65. The first-order chi connectivity index (χ1) is 12.3. The van der Waals surface area contributed by atoms with Gasteiger partial charge in [-0.15, -0.1) is 0 Å². The molecule has 5 heteroatoms. The van der Waals surface area contributed by atoms with Gasteiger partial charge in [-0.3, -0.25) is 4.79 Å². The highest BCUT2D eigenvalue weighted by Gasteiger charge is 2.26. The summed E-state index contributed by atoms with van der Waals surface area (Å²) >= 11 is 1.55. The van der Waals surface area contributed by atoms with E-state index in [1.807, 2.05) is 6.07 Å². The van der Waals surface area contributed by atoms with Crippen LogP contribution in [0.15, 0.2) is 52.3 Å². The molecule has 1 amide bonds. The summed E-state index contributed by atoms with van der Waals surface area (Å²) in [5.41, 5.74) is 1.19. The first-order valence-electron chi connectivity index (χ1n) is 8.90. The van der Waals surface area contributed by atoms with Gasteiger partial charge in [0.15, 0.2) is 0 Å². The third-order valence-corrected chi connectivity index (χ3v) is 5.63. The van der Waals surface area contributed by atoms with E-state index in [4.69, 9.17) is 0 Å². The monoisotopic (exact) mass is 373 g/mol. The Kier molecular flexibility index (Phi) is 5.68. The Labute approximate surface area is 158 Å². The number of halogens is 1. The fourth-order valence-corrected chi connectivity index (χ4v) is 4.19. The van der Waals surface area contributed by atoms with Gasteiger partial charge in [-0.2, -0.15) is 0 Å². The van der Waals surface area contributed by atoms with Crippen molar-refractivity contribution in [1.82, 2.24) is 5.32 Å². The maximum Gasteiger partial charge on any atom is 0.251 e. The van der Waals surface area contributed by atoms with Crippen LogP contribution in [0.4, 0.5) is 4.39 Å². The predicted octanol–water partition coefficient (Wildman–Crippen LogP) is 4.28. The minimum atomic E-state index is -1.36. The average molecular weight is 373 g/mol. The van der Waals surface area contributed by atoms with Gasteiger partial charge in [0.05, 0.1) is 0 Å². The van der Waals surface area contributed by atoms with E-state index in [2.05, 4.69) is 23.5 Å². The van der Waals surface area contributed by atoms with E-state index >= 15 is 0 Å². The second-order valence-corrected chi connectivity index (χ2v) is 8.43. The highest BCUT2D eigenvalue weighted by Crippen LogP contribution is 2.36. The van der Waals surface area contributed by atoms with Gasteiger partial charge < -0.3 is 10.4 Å². The number of aryl methyl sites for hydroxylation is 1. The molecule has 0 unspecified atom stereocenters. The number of hydrogen-bond donors (Lipinski definition) is 2. The molecule has 0 aliphatic heterocycles. The van der Waals surface area contributed by atoms with E-state index in [1.54, 1.807) is 23.9 Å². The molecule has 0 aromatic heterocycles. The number of carbonyl (C=O) groups is 1. The highest BCUT2D eigenvalue weighted by atomic mass is 32.2. The molecule has 26 heavy (non-hydrogen) atoms. The summed E-state index contributed by atoms with van der Waals surface area (Å²) in [5, 5.41) is 12.6. The van der Waals surface area contributed by atoms with Gasteiger partial charge in [0.2, 0.25) is 0 Å². The van der Waals surface area contributed by atoms with Crippen LogP contribution in [0.3, 0.4) is 0 Å². The molecule has 1 atom stereocenters. The Morgan fingerprint density at radius 2 is 2.04 bits per heavy atom. The quantitative estimate of drug-likeness (QED) is 0.822. The molecule has 1 aliphatic rings. The summed E-state index contributed by atoms with van der Waals surface area (Å²) in [6.45, 7) is 3.52. The Morgan fingerprint density at radius 1 is 1.27 bits per heavy atom. The van der Waals surface area contributed by atoms with Crippen LogP contribution in [0.5, 0.6) is 0 Å².